The van der Waals surface area contributed by atoms with Gasteiger partial charge in [-0.15, -0.1) is 0 Å². The Kier molecular flexibility index (Phi) is 1.96. The molecule has 13 heavy (non-hydrogen) atoms. The van der Waals surface area contributed by atoms with E-state index < -0.39 is 0 Å². The van der Waals surface area contributed by atoms with Crippen LogP contribution in [0, 0.1) is 0 Å². The summed E-state index contributed by atoms with van der Waals surface area (Å²) in [6, 6.07) is 1.57. The minimum Gasteiger partial charge on any atom is -0.506 e. The van der Waals surface area contributed by atoms with Gasteiger partial charge in [-0.05, 0) is 6.42 Å². The van der Waals surface area contributed by atoms with Crippen molar-refractivity contribution in [2.45, 2.75) is 13.3 Å². The summed E-state index contributed by atoms with van der Waals surface area (Å²) < 4.78 is 10.4. The van der Waals surface area contributed by atoms with Gasteiger partial charge in [-0.3, -0.25) is 0 Å². The summed E-state index contributed by atoms with van der Waals surface area (Å²) in [6.45, 7) is 2.12. The third kappa shape index (κ3) is 1.20. The van der Waals surface area contributed by atoms with E-state index >= 15 is 0 Å². The Morgan fingerprint density at radius 1 is 1.54 bits per heavy atom. The molecule has 0 unspecified atom stereocenters. The number of rotatable bonds is 1. The number of halogens is 1. The van der Waals surface area contributed by atoms with Crippen molar-refractivity contribution in [3.05, 3.63) is 16.7 Å². The number of hydrogen-bond acceptors (Lipinski definition) is 3. The average Bonchev–Trinajstić information content (AvgIpc) is 2.54. The Morgan fingerprint density at radius 3 is 3.00 bits per heavy atom. The van der Waals surface area contributed by atoms with E-state index in [4.69, 9.17) is 21.1 Å². The highest BCUT2D eigenvalue weighted by Gasteiger charge is 2.22. The van der Waals surface area contributed by atoms with Crippen LogP contribution in [0.25, 0.3) is 0 Å². The maximum atomic E-state index is 9.59. The van der Waals surface area contributed by atoms with Crippen LogP contribution < -0.4 is 9.47 Å². The van der Waals surface area contributed by atoms with Crippen LogP contribution in [-0.4, -0.2) is 11.9 Å². The fourth-order valence-electron chi connectivity index (χ4n) is 1.39. The third-order valence-corrected chi connectivity index (χ3v) is 2.33. The summed E-state index contributed by atoms with van der Waals surface area (Å²) in [4.78, 5) is 0. The van der Waals surface area contributed by atoms with Gasteiger partial charge in [0.25, 0.3) is 0 Å². The van der Waals surface area contributed by atoms with Gasteiger partial charge < -0.3 is 14.6 Å². The molecule has 1 aromatic rings. The quantitative estimate of drug-likeness (QED) is 0.756. The van der Waals surface area contributed by atoms with Crippen LogP contribution in [0.3, 0.4) is 0 Å². The monoisotopic (exact) mass is 200 g/mol. The van der Waals surface area contributed by atoms with Crippen molar-refractivity contribution in [2.24, 2.45) is 0 Å². The van der Waals surface area contributed by atoms with Crippen molar-refractivity contribution in [3.63, 3.8) is 0 Å². The van der Waals surface area contributed by atoms with Crippen LogP contribution in [0.1, 0.15) is 12.5 Å². The molecule has 0 radical (unpaired) electrons. The second-order valence-corrected chi connectivity index (χ2v) is 3.18. The summed E-state index contributed by atoms with van der Waals surface area (Å²) in [7, 11) is 0. The normalized spacial score (nSPS) is 13.4. The molecule has 1 aliphatic rings. The van der Waals surface area contributed by atoms with Crippen molar-refractivity contribution < 1.29 is 14.6 Å². The smallest absolute Gasteiger partial charge is 0.231 e. The Bertz CT molecular complexity index is 349. The Morgan fingerprint density at radius 2 is 2.31 bits per heavy atom. The zero-order chi connectivity index (χ0) is 9.42. The zero-order valence-corrected chi connectivity index (χ0v) is 7.89. The molecular weight excluding hydrogens is 192 g/mol. The van der Waals surface area contributed by atoms with Crippen molar-refractivity contribution in [3.8, 4) is 17.2 Å². The van der Waals surface area contributed by atoms with Crippen LogP contribution in [0.4, 0.5) is 0 Å². The standard InChI is InChI=1S/C9H9ClO3/c1-2-5-8(11)6(10)3-7-9(5)13-4-12-7/h3,11H,2,4H2,1H3. The lowest BCUT2D eigenvalue weighted by atomic mass is 10.1. The molecule has 0 spiro atoms. The van der Waals surface area contributed by atoms with Crippen molar-refractivity contribution in [2.75, 3.05) is 6.79 Å². The molecule has 0 fully saturated rings. The van der Waals surface area contributed by atoms with E-state index in [0.717, 1.165) is 0 Å². The topological polar surface area (TPSA) is 38.7 Å². The van der Waals surface area contributed by atoms with Gasteiger partial charge in [-0.2, -0.15) is 0 Å². The molecule has 0 aromatic heterocycles. The van der Waals surface area contributed by atoms with Gasteiger partial charge in [0, 0.05) is 11.6 Å². The third-order valence-electron chi connectivity index (χ3n) is 2.04. The lowest BCUT2D eigenvalue weighted by molar-refractivity contribution is 0.173. The van der Waals surface area contributed by atoms with Crippen LogP contribution in [0.5, 0.6) is 17.2 Å². The van der Waals surface area contributed by atoms with Gasteiger partial charge in [0.1, 0.15) is 5.75 Å². The number of phenolic OH excluding ortho intramolecular Hbond substituents is 1. The van der Waals surface area contributed by atoms with Crippen LogP contribution in [0.15, 0.2) is 6.07 Å². The molecule has 0 saturated carbocycles. The first-order valence-electron chi connectivity index (χ1n) is 4.04. The molecular formula is C9H9ClO3. The number of fused-ring (bicyclic) bond motifs is 1. The zero-order valence-electron chi connectivity index (χ0n) is 7.13. The molecule has 0 amide bonds. The number of hydrogen-bond donors (Lipinski definition) is 1. The molecule has 1 aromatic carbocycles. The first kappa shape index (κ1) is 8.51. The highest BCUT2D eigenvalue weighted by Crippen LogP contribution is 2.44. The van der Waals surface area contributed by atoms with E-state index in [-0.39, 0.29) is 12.5 Å². The molecule has 0 aliphatic carbocycles. The first-order valence-corrected chi connectivity index (χ1v) is 4.41. The van der Waals surface area contributed by atoms with Crippen LogP contribution in [-0.2, 0) is 6.42 Å². The molecule has 1 N–H and O–H groups in total. The SMILES string of the molecule is CCc1c(O)c(Cl)cc2c1OCO2. The molecule has 70 valence electrons. The fourth-order valence-corrected chi connectivity index (χ4v) is 1.61. The summed E-state index contributed by atoms with van der Waals surface area (Å²) in [6.07, 6.45) is 0.665. The first-order chi connectivity index (χ1) is 6.24. The van der Waals surface area contributed by atoms with E-state index in [2.05, 4.69) is 0 Å². The van der Waals surface area contributed by atoms with Gasteiger partial charge in [0.2, 0.25) is 6.79 Å². The number of ether oxygens (including phenoxy) is 2. The molecule has 4 heteroatoms. The molecule has 1 heterocycles. The van der Waals surface area contributed by atoms with E-state index in [9.17, 15) is 5.11 Å². The van der Waals surface area contributed by atoms with E-state index in [0.29, 0.717) is 28.5 Å². The predicted molar refractivity (Wildman–Crippen MR) is 48.6 cm³/mol. The highest BCUT2D eigenvalue weighted by atomic mass is 35.5. The number of phenols is 1. The largest absolute Gasteiger partial charge is 0.506 e. The molecule has 0 atom stereocenters. The molecule has 2 rings (SSSR count). The maximum Gasteiger partial charge on any atom is 0.231 e. The van der Waals surface area contributed by atoms with Crippen molar-refractivity contribution in [1.82, 2.24) is 0 Å². The van der Waals surface area contributed by atoms with E-state index in [1.54, 1.807) is 6.07 Å². The van der Waals surface area contributed by atoms with Gasteiger partial charge in [0.05, 0.1) is 5.02 Å². The van der Waals surface area contributed by atoms with E-state index in [1.165, 1.54) is 0 Å². The summed E-state index contributed by atoms with van der Waals surface area (Å²) in [5.41, 5.74) is 0.708. The summed E-state index contributed by atoms with van der Waals surface area (Å²) >= 11 is 5.79. The Balaban J connectivity index is 2.64. The van der Waals surface area contributed by atoms with Gasteiger partial charge in [-0.1, -0.05) is 18.5 Å². The lowest BCUT2D eigenvalue weighted by Crippen LogP contribution is -1.94. The second kappa shape index (κ2) is 3.00. The summed E-state index contributed by atoms with van der Waals surface area (Å²) in [5.74, 6) is 1.32. The second-order valence-electron chi connectivity index (χ2n) is 2.77. The average molecular weight is 201 g/mol. The Hall–Kier alpha value is -1.09. The Labute approximate surface area is 80.8 Å². The van der Waals surface area contributed by atoms with Crippen molar-refractivity contribution >= 4 is 11.6 Å². The molecule has 0 saturated heterocycles. The number of benzene rings is 1. The highest BCUT2D eigenvalue weighted by molar-refractivity contribution is 6.32. The van der Waals surface area contributed by atoms with Crippen LogP contribution in [0.2, 0.25) is 5.02 Å². The minimum atomic E-state index is 0.0911. The number of aromatic hydroxyl groups is 1. The minimum absolute atomic E-state index is 0.0911. The molecule has 1 aliphatic heterocycles. The van der Waals surface area contributed by atoms with E-state index in [1.807, 2.05) is 6.92 Å². The molecule has 0 bridgehead atoms. The van der Waals surface area contributed by atoms with Gasteiger partial charge in [0.15, 0.2) is 11.5 Å². The predicted octanol–water partition coefficient (Wildman–Crippen LogP) is 2.34. The lowest BCUT2D eigenvalue weighted by Gasteiger charge is -2.07. The van der Waals surface area contributed by atoms with Crippen LogP contribution >= 0.6 is 11.6 Å². The fraction of sp³-hybridized carbons (Fsp3) is 0.333. The van der Waals surface area contributed by atoms with Gasteiger partial charge in [-0.25, -0.2) is 0 Å². The maximum absolute atomic E-state index is 9.59. The van der Waals surface area contributed by atoms with Gasteiger partial charge >= 0.3 is 0 Å². The summed E-state index contributed by atoms with van der Waals surface area (Å²) in [5, 5.41) is 9.90. The molecule has 3 nitrogen and oxygen atoms in total. The van der Waals surface area contributed by atoms with Crippen molar-refractivity contribution in [1.29, 1.82) is 0 Å².